The van der Waals surface area contributed by atoms with Crippen LogP contribution in [0.3, 0.4) is 0 Å². The van der Waals surface area contributed by atoms with Crippen molar-refractivity contribution in [1.82, 2.24) is 15.2 Å². The van der Waals surface area contributed by atoms with E-state index in [2.05, 4.69) is 15.2 Å². The number of aromatic amines is 2. The lowest BCUT2D eigenvalue weighted by Crippen LogP contribution is -2.14. The predicted molar refractivity (Wildman–Crippen MR) is 47.2 cm³/mol. The number of nitrogens with one attached hydrogen (secondary N) is 2. The largest absolute Gasteiger partial charge is 0.385 e. The van der Waals surface area contributed by atoms with Crippen LogP contribution in [0.1, 0.15) is 24.7 Å². The summed E-state index contributed by atoms with van der Waals surface area (Å²) in [6.07, 6.45) is 1.60. The van der Waals surface area contributed by atoms with Crippen LogP contribution in [-0.4, -0.2) is 28.9 Å². The van der Waals surface area contributed by atoms with Gasteiger partial charge in [-0.05, 0) is 12.8 Å². The van der Waals surface area contributed by atoms with Crippen molar-refractivity contribution in [3.05, 3.63) is 16.3 Å². The summed E-state index contributed by atoms with van der Waals surface area (Å²) in [5.41, 5.74) is 5.42. The normalized spacial score (nSPS) is 13.1. The zero-order valence-electron chi connectivity index (χ0n) is 7.54. The molecule has 4 N–H and O–H groups in total. The predicted octanol–water partition coefficient (Wildman–Crippen LogP) is -0.476. The van der Waals surface area contributed by atoms with Gasteiger partial charge in [-0.1, -0.05) is 0 Å². The molecule has 0 aromatic carbocycles. The molecule has 0 aliphatic rings. The highest BCUT2D eigenvalue weighted by atomic mass is 16.5. The number of ether oxygens (including phenoxy) is 1. The average molecular weight is 186 g/mol. The maximum Gasteiger partial charge on any atom is 0.340 e. The van der Waals surface area contributed by atoms with E-state index in [1.54, 1.807) is 7.11 Å². The third-order valence-corrected chi connectivity index (χ3v) is 1.73. The van der Waals surface area contributed by atoms with Crippen LogP contribution in [-0.2, 0) is 4.74 Å². The van der Waals surface area contributed by atoms with Crippen LogP contribution in [0.15, 0.2) is 4.79 Å². The molecule has 1 aromatic heterocycles. The number of hydrogen-bond donors (Lipinski definition) is 3. The Balaban J connectivity index is 2.39. The molecular weight excluding hydrogens is 172 g/mol. The van der Waals surface area contributed by atoms with Gasteiger partial charge in [-0.3, -0.25) is 4.98 Å². The monoisotopic (exact) mass is 186 g/mol. The Morgan fingerprint density at radius 2 is 2.46 bits per heavy atom. The molecular formula is C7H14N4O2. The van der Waals surface area contributed by atoms with E-state index in [1.807, 2.05) is 0 Å². The molecule has 0 fully saturated rings. The van der Waals surface area contributed by atoms with Crippen molar-refractivity contribution < 1.29 is 4.74 Å². The van der Waals surface area contributed by atoms with Crippen LogP contribution in [0.5, 0.6) is 0 Å². The van der Waals surface area contributed by atoms with Crippen LogP contribution in [0.25, 0.3) is 0 Å². The molecule has 1 atom stereocenters. The molecule has 1 aromatic rings. The van der Waals surface area contributed by atoms with Crippen LogP contribution in [0, 0.1) is 0 Å². The first kappa shape index (κ1) is 9.94. The first-order valence-electron chi connectivity index (χ1n) is 4.13. The first-order valence-corrected chi connectivity index (χ1v) is 4.13. The summed E-state index contributed by atoms with van der Waals surface area (Å²) in [7, 11) is 1.64. The van der Waals surface area contributed by atoms with E-state index in [4.69, 9.17) is 10.5 Å². The van der Waals surface area contributed by atoms with E-state index < -0.39 is 0 Å². The zero-order valence-corrected chi connectivity index (χ0v) is 7.54. The lowest BCUT2D eigenvalue weighted by Gasteiger charge is -2.06. The Hall–Kier alpha value is -1.14. The fourth-order valence-corrected chi connectivity index (χ4v) is 1.04. The molecule has 6 nitrogen and oxygen atoms in total. The fraction of sp³-hybridized carbons (Fsp3) is 0.714. The van der Waals surface area contributed by atoms with Gasteiger partial charge >= 0.3 is 5.69 Å². The highest BCUT2D eigenvalue weighted by molar-refractivity contribution is 4.89. The summed E-state index contributed by atoms with van der Waals surface area (Å²) in [4.78, 5) is 13.2. The average Bonchev–Trinajstić information content (AvgIpc) is 2.52. The van der Waals surface area contributed by atoms with Crippen LogP contribution in [0.2, 0.25) is 0 Å². The van der Waals surface area contributed by atoms with Crippen LogP contribution < -0.4 is 11.4 Å². The van der Waals surface area contributed by atoms with Gasteiger partial charge in [0, 0.05) is 13.7 Å². The topological polar surface area (TPSA) is 96.8 Å². The molecule has 1 rings (SSSR count). The molecule has 0 aliphatic carbocycles. The van der Waals surface area contributed by atoms with Gasteiger partial charge in [0.15, 0.2) is 0 Å². The molecule has 6 heteroatoms. The summed E-state index contributed by atoms with van der Waals surface area (Å²) in [5.74, 6) is 0.501. The van der Waals surface area contributed by atoms with E-state index in [9.17, 15) is 4.79 Å². The molecule has 0 saturated carbocycles. The van der Waals surface area contributed by atoms with Crippen molar-refractivity contribution in [1.29, 1.82) is 0 Å². The number of hydrogen-bond acceptors (Lipinski definition) is 4. The Labute approximate surface area is 75.5 Å². The minimum Gasteiger partial charge on any atom is -0.385 e. The molecule has 0 bridgehead atoms. The number of methoxy groups -OCH3 is 1. The van der Waals surface area contributed by atoms with E-state index in [-0.39, 0.29) is 11.7 Å². The summed E-state index contributed by atoms with van der Waals surface area (Å²) < 4.78 is 4.88. The minimum absolute atomic E-state index is 0.228. The molecule has 74 valence electrons. The molecule has 0 saturated heterocycles. The maximum absolute atomic E-state index is 10.7. The smallest absolute Gasteiger partial charge is 0.340 e. The van der Waals surface area contributed by atoms with Gasteiger partial charge in [-0.25, -0.2) is 9.89 Å². The van der Waals surface area contributed by atoms with Gasteiger partial charge in [0.25, 0.3) is 0 Å². The van der Waals surface area contributed by atoms with Gasteiger partial charge < -0.3 is 10.5 Å². The first-order chi connectivity index (χ1) is 6.24. The van der Waals surface area contributed by atoms with Crippen molar-refractivity contribution in [3.63, 3.8) is 0 Å². The van der Waals surface area contributed by atoms with Crippen LogP contribution in [0.4, 0.5) is 0 Å². The standard InChI is InChI=1S/C7H14N4O2/c1-13-4-2-3-5(8)6-9-7(12)11-10-6/h5H,2-4,8H2,1H3,(H2,9,10,11,12). The summed E-state index contributed by atoms with van der Waals surface area (Å²) in [5, 5.41) is 6.00. The van der Waals surface area contributed by atoms with E-state index in [0.717, 1.165) is 12.8 Å². The molecule has 0 radical (unpaired) electrons. The number of nitrogens with two attached hydrogens (primary N) is 1. The third kappa shape index (κ3) is 3.00. The minimum atomic E-state index is -0.322. The number of aromatic nitrogens is 3. The molecule has 1 unspecified atom stereocenters. The second-order valence-electron chi connectivity index (χ2n) is 2.80. The molecule has 0 spiro atoms. The Bertz CT molecular complexity index is 293. The van der Waals surface area contributed by atoms with Crippen LogP contribution >= 0.6 is 0 Å². The van der Waals surface area contributed by atoms with Crippen molar-refractivity contribution in [2.45, 2.75) is 18.9 Å². The number of nitrogens with zero attached hydrogens (tertiary/aromatic N) is 1. The Morgan fingerprint density at radius 1 is 1.69 bits per heavy atom. The molecule has 0 aliphatic heterocycles. The lowest BCUT2D eigenvalue weighted by molar-refractivity contribution is 0.190. The van der Waals surface area contributed by atoms with E-state index in [0.29, 0.717) is 12.4 Å². The van der Waals surface area contributed by atoms with Crippen molar-refractivity contribution in [3.8, 4) is 0 Å². The van der Waals surface area contributed by atoms with Crippen molar-refractivity contribution in [2.24, 2.45) is 5.73 Å². The third-order valence-electron chi connectivity index (χ3n) is 1.73. The van der Waals surface area contributed by atoms with Gasteiger partial charge in [-0.2, -0.15) is 5.10 Å². The van der Waals surface area contributed by atoms with Crippen molar-refractivity contribution >= 4 is 0 Å². The molecule has 1 heterocycles. The second-order valence-corrected chi connectivity index (χ2v) is 2.80. The Morgan fingerprint density at radius 3 is 3.00 bits per heavy atom. The SMILES string of the molecule is COCCCC(N)c1n[nH]c(=O)[nH]1. The number of rotatable bonds is 5. The molecule has 13 heavy (non-hydrogen) atoms. The summed E-state index contributed by atoms with van der Waals surface area (Å²) in [6, 6.07) is -0.228. The summed E-state index contributed by atoms with van der Waals surface area (Å²) in [6.45, 7) is 0.669. The van der Waals surface area contributed by atoms with E-state index in [1.165, 1.54) is 0 Å². The quantitative estimate of drug-likeness (QED) is 0.541. The van der Waals surface area contributed by atoms with Gasteiger partial charge in [-0.15, -0.1) is 0 Å². The fourth-order valence-electron chi connectivity index (χ4n) is 1.04. The highest BCUT2D eigenvalue weighted by Crippen LogP contribution is 2.08. The summed E-state index contributed by atoms with van der Waals surface area (Å²) >= 11 is 0. The molecule has 0 amide bonds. The maximum atomic E-state index is 10.7. The zero-order chi connectivity index (χ0) is 9.68. The van der Waals surface area contributed by atoms with Gasteiger partial charge in [0.2, 0.25) is 0 Å². The highest BCUT2D eigenvalue weighted by Gasteiger charge is 2.08. The van der Waals surface area contributed by atoms with Gasteiger partial charge in [0.05, 0.1) is 6.04 Å². The number of H-pyrrole nitrogens is 2. The second kappa shape index (κ2) is 4.78. The van der Waals surface area contributed by atoms with E-state index >= 15 is 0 Å². The van der Waals surface area contributed by atoms with Gasteiger partial charge in [0.1, 0.15) is 5.82 Å². The van der Waals surface area contributed by atoms with Crippen molar-refractivity contribution in [2.75, 3.05) is 13.7 Å². The Kier molecular flexibility index (Phi) is 3.66. The lowest BCUT2D eigenvalue weighted by atomic mass is 10.2.